The molecule has 0 aliphatic carbocycles. The van der Waals surface area contributed by atoms with Gasteiger partial charge in [0.15, 0.2) is 0 Å². The van der Waals surface area contributed by atoms with Crippen molar-refractivity contribution in [3.63, 3.8) is 0 Å². The van der Waals surface area contributed by atoms with Crippen molar-refractivity contribution in [2.24, 2.45) is 5.92 Å². The molecule has 3 heterocycles. The Morgan fingerprint density at radius 3 is 3.19 bits per heavy atom. The average Bonchev–Trinajstić information content (AvgIpc) is 3.02. The number of anilines is 1. The summed E-state index contributed by atoms with van der Waals surface area (Å²) in [6.07, 6.45) is 2.86. The lowest BCUT2D eigenvalue weighted by atomic mass is 9.90. The summed E-state index contributed by atoms with van der Waals surface area (Å²) in [5.74, 6) is -0.144. The molecule has 0 spiro atoms. The number of benzene rings is 1. The van der Waals surface area contributed by atoms with Crippen LogP contribution in [0.2, 0.25) is 0 Å². The molecule has 2 saturated heterocycles. The van der Waals surface area contributed by atoms with Gasteiger partial charge in [-0.15, -0.1) is 0 Å². The number of carbonyl (C=O) groups excluding carboxylic acids is 1. The van der Waals surface area contributed by atoms with Crippen LogP contribution in [-0.2, 0) is 4.79 Å². The Kier molecular flexibility index (Phi) is 4.45. The molecule has 0 saturated carbocycles. The lowest BCUT2D eigenvalue weighted by molar-refractivity contribution is -0.127. The van der Waals surface area contributed by atoms with Crippen molar-refractivity contribution in [2.75, 3.05) is 11.9 Å². The van der Waals surface area contributed by atoms with E-state index in [9.17, 15) is 4.79 Å². The van der Waals surface area contributed by atoms with Gasteiger partial charge >= 0.3 is 0 Å². The zero-order valence-electron chi connectivity index (χ0n) is 14.6. The molecular weight excluding hydrogens is 328 g/mol. The molecule has 0 radical (unpaired) electrons. The van der Waals surface area contributed by atoms with Gasteiger partial charge in [0.25, 0.3) is 0 Å². The first-order chi connectivity index (χ1) is 12.7. The molecule has 0 bridgehead atoms. The van der Waals surface area contributed by atoms with Crippen LogP contribution in [0.3, 0.4) is 0 Å². The van der Waals surface area contributed by atoms with Crippen molar-refractivity contribution in [1.82, 2.24) is 20.7 Å². The topological polar surface area (TPSA) is 93.1 Å². The number of aromatic nitrogens is 1. The van der Waals surface area contributed by atoms with E-state index in [2.05, 4.69) is 32.1 Å². The van der Waals surface area contributed by atoms with Crippen LogP contribution < -0.4 is 16.1 Å². The van der Waals surface area contributed by atoms with Gasteiger partial charge in [0.05, 0.1) is 23.9 Å². The van der Waals surface area contributed by atoms with Gasteiger partial charge < -0.3 is 10.6 Å². The van der Waals surface area contributed by atoms with E-state index >= 15 is 0 Å². The highest BCUT2D eigenvalue weighted by Gasteiger charge is 2.48. The van der Waals surface area contributed by atoms with E-state index in [1.54, 1.807) is 6.20 Å². The molecule has 3 N–H and O–H groups in total. The molecule has 2 aliphatic rings. The average molecular weight is 350 g/mol. The number of amides is 1. The molecule has 2 fully saturated rings. The minimum atomic E-state index is -0.212. The zero-order valence-corrected chi connectivity index (χ0v) is 14.6. The van der Waals surface area contributed by atoms with Crippen molar-refractivity contribution in [3.8, 4) is 6.07 Å². The van der Waals surface area contributed by atoms with E-state index in [4.69, 9.17) is 5.26 Å². The molecule has 4 atom stereocenters. The highest BCUT2D eigenvalue weighted by Crippen LogP contribution is 2.31. The Balaban J connectivity index is 1.59. The molecule has 1 amide bonds. The van der Waals surface area contributed by atoms with E-state index in [0.717, 1.165) is 23.0 Å². The quantitative estimate of drug-likeness (QED) is 0.776. The molecule has 26 heavy (non-hydrogen) atoms. The largest absolute Gasteiger partial charge is 0.368 e. The second-order valence-corrected chi connectivity index (χ2v) is 6.95. The predicted molar refractivity (Wildman–Crippen MR) is 98.7 cm³/mol. The van der Waals surface area contributed by atoms with Crippen LogP contribution in [0.25, 0.3) is 10.9 Å². The number of hydrogen-bond donors (Lipinski definition) is 3. The predicted octanol–water partition coefficient (Wildman–Crippen LogP) is 1.60. The summed E-state index contributed by atoms with van der Waals surface area (Å²) in [6.45, 7) is 2.69. The van der Waals surface area contributed by atoms with Crippen molar-refractivity contribution >= 4 is 22.5 Å². The summed E-state index contributed by atoms with van der Waals surface area (Å²) in [5, 5.41) is 18.6. The summed E-state index contributed by atoms with van der Waals surface area (Å²) in [5.41, 5.74) is 5.32. The zero-order chi connectivity index (χ0) is 18.1. The number of nitrogens with zero attached hydrogens (tertiary/aromatic N) is 3. The molecule has 1 aromatic carbocycles. The Morgan fingerprint density at radius 2 is 2.35 bits per heavy atom. The third kappa shape index (κ3) is 2.98. The lowest BCUT2D eigenvalue weighted by Gasteiger charge is -2.33. The van der Waals surface area contributed by atoms with Gasteiger partial charge in [0, 0.05) is 35.9 Å². The highest BCUT2D eigenvalue weighted by molar-refractivity contribution is 5.84. The van der Waals surface area contributed by atoms with E-state index in [-0.39, 0.29) is 30.1 Å². The molecule has 1 aromatic heterocycles. The normalized spacial score (nSPS) is 26.8. The van der Waals surface area contributed by atoms with E-state index < -0.39 is 0 Å². The summed E-state index contributed by atoms with van der Waals surface area (Å²) >= 11 is 0. The fourth-order valence-corrected chi connectivity index (χ4v) is 3.99. The van der Waals surface area contributed by atoms with Gasteiger partial charge in [-0.05, 0) is 37.6 Å². The smallest absolute Gasteiger partial charge is 0.228 e. The van der Waals surface area contributed by atoms with E-state index in [0.29, 0.717) is 13.0 Å². The minimum Gasteiger partial charge on any atom is -0.368 e. The number of nitrogens with one attached hydrogen (secondary N) is 3. The molecule has 2 aliphatic heterocycles. The van der Waals surface area contributed by atoms with Crippen molar-refractivity contribution in [2.45, 2.75) is 38.0 Å². The molecule has 134 valence electrons. The van der Waals surface area contributed by atoms with Crippen molar-refractivity contribution in [1.29, 1.82) is 5.26 Å². The Hall–Kier alpha value is -2.69. The lowest BCUT2D eigenvalue weighted by Crippen LogP contribution is -2.51. The highest BCUT2D eigenvalue weighted by atomic mass is 16.2. The Morgan fingerprint density at radius 1 is 1.46 bits per heavy atom. The van der Waals surface area contributed by atoms with Crippen LogP contribution in [0.15, 0.2) is 36.5 Å². The number of carbonyl (C=O) groups is 1. The monoisotopic (exact) mass is 350 g/mol. The number of fused-ring (bicyclic) bond motifs is 2. The molecule has 7 heteroatoms. The molecule has 4 unspecified atom stereocenters. The number of nitriles is 1. The van der Waals surface area contributed by atoms with Gasteiger partial charge in [-0.2, -0.15) is 5.26 Å². The molecule has 7 nitrogen and oxygen atoms in total. The summed E-state index contributed by atoms with van der Waals surface area (Å²) < 4.78 is 0. The van der Waals surface area contributed by atoms with Gasteiger partial charge in [0.1, 0.15) is 6.17 Å². The molecular formula is C19H22N6O. The van der Waals surface area contributed by atoms with Gasteiger partial charge in [-0.25, -0.2) is 10.4 Å². The van der Waals surface area contributed by atoms with Crippen LogP contribution >= 0.6 is 0 Å². The SMILES string of the molecule is CC(CC#N)N1NC(Nc2ccc3ncccc3c2)C2C(=O)NCCC21. The van der Waals surface area contributed by atoms with Gasteiger partial charge in [0.2, 0.25) is 5.91 Å². The first-order valence-corrected chi connectivity index (χ1v) is 8.98. The summed E-state index contributed by atoms with van der Waals surface area (Å²) in [6, 6.07) is 12.3. The van der Waals surface area contributed by atoms with Crippen LogP contribution in [-0.4, -0.2) is 40.7 Å². The van der Waals surface area contributed by atoms with Crippen molar-refractivity contribution in [3.05, 3.63) is 36.5 Å². The van der Waals surface area contributed by atoms with Gasteiger partial charge in [-0.3, -0.25) is 9.78 Å². The standard InChI is InChI=1S/C19H22N6O/c1-12(6-8-20)25-16-7-10-22-19(26)17(16)18(24-25)23-14-4-5-15-13(11-14)3-2-9-21-15/h2-5,9,11-12,16-18,23-24H,6-7,10H2,1H3,(H,22,26). The van der Waals surface area contributed by atoms with Gasteiger partial charge in [-0.1, -0.05) is 6.07 Å². The van der Waals surface area contributed by atoms with Crippen LogP contribution in [0.5, 0.6) is 0 Å². The third-order valence-corrected chi connectivity index (χ3v) is 5.25. The maximum absolute atomic E-state index is 12.5. The van der Waals surface area contributed by atoms with Crippen LogP contribution in [0, 0.1) is 17.2 Å². The number of hydrogen-bond acceptors (Lipinski definition) is 6. The Bertz CT molecular complexity index is 862. The Labute approximate surface area is 152 Å². The fourth-order valence-electron chi connectivity index (χ4n) is 3.99. The van der Waals surface area contributed by atoms with E-state index in [1.165, 1.54) is 0 Å². The number of hydrazine groups is 1. The number of piperidine rings is 1. The minimum absolute atomic E-state index is 0.0472. The van der Waals surface area contributed by atoms with Crippen LogP contribution in [0.4, 0.5) is 5.69 Å². The number of pyridine rings is 1. The maximum Gasteiger partial charge on any atom is 0.228 e. The summed E-state index contributed by atoms with van der Waals surface area (Å²) in [7, 11) is 0. The fraction of sp³-hybridized carbons (Fsp3) is 0.421. The second-order valence-electron chi connectivity index (χ2n) is 6.95. The van der Waals surface area contributed by atoms with E-state index in [1.807, 2.05) is 37.3 Å². The van der Waals surface area contributed by atoms with Crippen molar-refractivity contribution < 1.29 is 4.79 Å². The maximum atomic E-state index is 12.5. The molecule has 2 aromatic rings. The first kappa shape index (κ1) is 16.8. The third-order valence-electron chi connectivity index (χ3n) is 5.25. The number of rotatable bonds is 4. The second kappa shape index (κ2) is 6.90. The van der Waals surface area contributed by atoms with Crippen LogP contribution in [0.1, 0.15) is 19.8 Å². The first-order valence-electron chi connectivity index (χ1n) is 8.98. The summed E-state index contributed by atoms with van der Waals surface area (Å²) in [4.78, 5) is 16.9. The molecule has 4 rings (SSSR count).